The van der Waals surface area contributed by atoms with Crippen molar-refractivity contribution in [3.05, 3.63) is 0 Å². The van der Waals surface area contributed by atoms with Gasteiger partial charge in [-0.15, -0.1) is 0 Å². The van der Waals surface area contributed by atoms with Crippen LogP contribution in [0.25, 0.3) is 0 Å². The molecule has 0 bridgehead atoms. The van der Waals surface area contributed by atoms with E-state index < -0.39 is 0 Å². The van der Waals surface area contributed by atoms with Gasteiger partial charge in [0.1, 0.15) is 0 Å². The van der Waals surface area contributed by atoms with Gasteiger partial charge in [-0.1, -0.05) is 6.92 Å². The van der Waals surface area contributed by atoms with Crippen LogP contribution in [0.1, 0.15) is 32.6 Å². The van der Waals surface area contributed by atoms with Crippen molar-refractivity contribution in [3.8, 4) is 0 Å². The van der Waals surface area contributed by atoms with Gasteiger partial charge in [0.15, 0.2) is 0 Å². The fourth-order valence-corrected chi connectivity index (χ4v) is 2.65. The van der Waals surface area contributed by atoms with Gasteiger partial charge >= 0.3 is 0 Å². The summed E-state index contributed by atoms with van der Waals surface area (Å²) >= 11 is 0. The number of hydrogen-bond donors (Lipinski definition) is 0. The van der Waals surface area contributed by atoms with Crippen molar-refractivity contribution in [2.24, 2.45) is 0 Å². The SMILES string of the molecule is CCCN1CCN2C(=O)CCCC2C1. The molecule has 1 atom stereocenters. The number of piperidine rings is 1. The minimum atomic E-state index is 0.386. The summed E-state index contributed by atoms with van der Waals surface area (Å²) in [4.78, 5) is 16.2. The zero-order valence-corrected chi connectivity index (χ0v) is 9.04. The molecule has 0 aromatic carbocycles. The van der Waals surface area contributed by atoms with Crippen molar-refractivity contribution < 1.29 is 4.79 Å². The van der Waals surface area contributed by atoms with Gasteiger partial charge in [0.2, 0.25) is 5.91 Å². The number of carbonyl (C=O) groups excluding carboxylic acids is 1. The van der Waals surface area contributed by atoms with Crippen molar-refractivity contribution in [1.29, 1.82) is 0 Å². The van der Waals surface area contributed by atoms with Crippen LogP contribution in [0.2, 0.25) is 0 Å². The number of amides is 1. The van der Waals surface area contributed by atoms with Gasteiger partial charge in [-0.25, -0.2) is 0 Å². The van der Waals surface area contributed by atoms with Crippen molar-refractivity contribution in [1.82, 2.24) is 9.80 Å². The van der Waals surface area contributed by atoms with Crippen LogP contribution in [-0.2, 0) is 4.79 Å². The lowest BCUT2D eigenvalue weighted by molar-refractivity contribution is -0.139. The molecule has 3 nitrogen and oxygen atoms in total. The van der Waals surface area contributed by atoms with Gasteiger partial charge in [0.25, 0.3) is 0 Å². The Kier molecular flexibility index (Phi) is 3.06. The monoisotopic (exact) mass is 196 g/mol. The Labute approximate surface area is 86.1 Å². The second-order valence-electron chi connectivity index (χ2n) is 4.43. The molecular formula is C11H20N2O. The maximum atomic E-state index is 11.6. The summed E-state index contributed by atoms with van der Waals surface area (Å²) in [6, 6.07) is 0.525. The second-order valence-corrected chi connectivity index (χ2v) is 4.43. The lowest BCUT2D eigenvalue weighted by Gasteiger charge is -2.44. The highest BCUT2D eigenvalue weighted by Gasteiger charge is 2.32. The maximum Gasteiger partial charge on any atom is 0.222 e. The summed E-state index contributed by atoms with van der Waals surface area (Å²) in [7, 11) is 0. The Morgan fingerprint density at radius 1 is 1.43 bits per heavy atom. The molecule has 0 spiro atoms. The zero-order valence-electron chi connectivity index (χ0n) is 9.04. The smallest absolute Gasteiger partial charge is 0.222 e. The van der Waals surface area contributed by atoms with Crippen LogP contribution in [0.3, 0.4) is 0 Å². The van der Waals surface area contributed by atoms with Gasteiger partial charge in [0, 0.05) is 32.1 Å². The van der Waals surface area contributed by atoms with E-state index in [9.17, 15) is 4.79 Å². The molecule has 0 radical (unpaired) electrons. The number of hydrogen-bond acceptors (Lipinski definition) is 2. The van der Waals surface area contributed by atoms with Gasteiger partial charge < -0.3 is 4.90 Å². The quantitative estimate of drug-likeness (QED) is 0.660. The molecule has 0 aromatic rings. The van der Waals surface area contributed by atoms with Crippen LogP contribution in [0, 0.1) is 0 Å². The van der Waals surface area contributed by atoms with Crippen molar-refractivity contribution in [3.63, 3.8) is 0 Å². The summed E-state index contributed by atoms with van der Waals surface area (Å²) in [5, 5.41) is 0. The molecule has 2 saturated heterocycles. The molecule has 80 valence electrons. The molecule has 2 rings (SSSR count). The molecule has 0 saturated carbocycles. The van der Waals surface area contributed by atoms with Crippen LogP contribution in [0.5, 0.6) is 0 Å². The number of piperazine rings is 1. The van der Waals surface area contributed by atoms with E-state index >= 15 is 0 Å². The summed E-state index contributed by atoms with van der Waals surface area (Å²) in [6.07, 6.45) is 4.32. The Bertz CT molecular complexity index is 217. The standard InChI is InChI=1S/C11H20N2O/c1-2-6-12-7-8-13-10(9-12)4-3-5-11(13)14/h10H,2-9H2,1H3. The first-order chi connectivity index (χ1) is 6.81. The lowest BCUT2D eigenvalue weighted by Crippen LogP contribution is -2.56. The predicted octanol–water partition coefficient (Wildman–Crippen LogP) is 1.09. The average Bonchev–Trinajstić information content (AvgIpc) is 2.18. The van der Waals surface area contributed by atoms with Crippen molar-refractivity contribution >= 4 is 5.91 Å². The molecular weight excluding hydrogens is 176 g/mol. The normalized spacial score (nSPS) is 29.1. The fourth-order valence-electron chi connectivity index (χ4n) is 2.65. The van der Waals surface area contributed by atoms with Gasteiger partial charge in [-0.3, -0.25) is 9.69 Å². The van der Waals surface area contributed by atoms with Crippen LogP contribution in [0.4, 0.5) is 0 Å². The first-order valence-corrected chi connectivity index (χ1v) is 5.83. The Hall–Kier alpha value is -0.570. The predicted molar refractivity (Wildman–Crippen MR) is 56.1 cm³/mol. The Morgan fingerprint density at radius 2 is 2.29 bits per heavy atom. The topological polar surface area (TPSA) is 23.6 Å². The van der Waals surface area contributed by atoms with Gasteiger partial charge in [0.05, 0.1) is 0 Å². The minimum absolute atomic E-state index is 0.386. The fraction of sp³-hybridized carbons (Fsp3) is 0.909. The highest BCUT2D eigenvalue weighted by Crippen LogP contribution is 2.21. The molecule has 3 heteroatoms. The third-order valence-corrected chi connectivity index (χ3v) is 3.36. The molecule has 0 aliphatic carbocycles. The van der Waals surface area contributed by atoms with Crippen LogP contribution >= 0.6 is 0 Å². The first kappa shape index (κ1) is 9.97. The van der Waals surface area contributed by atoms with E-state index in [4.69, 9.17) is 0 Å². The largest absolute Gasteiger partial charge is 0.337 e. The van der Waals surface area contributed by atoms with E-state index in [0.29, 0.717) is 11.9 Å². The summed E-state index contributed by atoms with van der Waals surface area (Å²) < 4.78 is 0. The molecule has 2 aliphatic heterocycles. The molecule has 2 aliphatic rings. The molecule has 2 fully saturated rings. The van der Waals surface area contributed by atoms with E-state index in [1.54, 1.807) is 0 Å². The third-order valence-electron chi connectivity index (χ3n) is 3.36. The number of rotatable bonds is 2. The van der Waals surface area contributed by atoms with Gasteiger partial charge in [-0.2, -0.15) is 0 Å². The Morgan fingerprint density at radius 3 is 3.07 bits per heavy atom. The third kappa shape index (κ3) is 1.92. The number of nitrogens with zero attached hydrogens (tertiary/aromatic N) is 2. The first-order valence-electron chi connectivity index (χ1n) is 5.83. The van der Waals surface area contributed by atoms with E-state index in [-0.39, 0.29) is 0 Å². The molecule has 1 unspecified atom stereocenters. The minimum Gasteiger partial charge on any atom is -0.337 e. The lowest BCUT2D eigenvalue weighted by atomic mass is 9.99. The van der Waals surface area contributed by atoms with E-state index in [2.05, 4.69) is 16.7 Å². The van der Waals surface area contributed by atoms with Crippen LogP contribution in [0.15, 0.2) is 0 Å². The average molecular weight is 196 g/mol. The maximum absolute atomic E-state index is 11.6. The van der Waals surface area contributed by atoms with E-state index in [1.165, 1.54) is 19.4 Å². The molecule has 1 amide bonds. The van der Waals surface area contributed by atoms with Crippen LogP contribution < -0.4 is 0 Å². The Balaban J connectivity index is 1.93. The molecule has 0 N–H and O–H groups in total. The summed E-state index contributed by atoms with van der Waals surface area (Å²) in [5.41, 5.74) is 0. The van der Waals surface area contributed by atoms with E-state index in [0.717, 1.165) is 32.5 Å². The molecule has 14 heavy (non-hydrogen) atoms. The highest BCUT2D eigenvalue weighted by atomic mass is 16.2. The van der Waals surface area contributed by atoms with Crippen molar-refractivity contribution in [2.45, 2.75) is 38.6 Å². The van der Waals surface area contributed by atoms with Gasteiger partial charge in [-0.05, 0) is 25.8 Å². The van der Waals surface area contributed by atoms with E-state index in [1.807, 2.05) is 0 Å². The zero-order chi connectivity index (χ0) is 9.97. The highest BCUT2D eigenvalue weighted by molar-refractivity contribution is 5.77. The second kappa shape index (κ2) is 4.30. The molecule has 0 aromatic heterocycles. The summed E-state index contributed by atoms with van der Waals surface area (Å²) in [5.74, 6) is 0.386. The molecule has 2 heterocycles. The summed E-state index contributed by atoms with van der Waals surface area (Å²) in [6.45, 7) is 6.57. The van der Waals surface area contributed by atoms with Crippen molar-refractivity contribution in [2.75, 3.05) is 26.2 Å². The number of fused-ring (bicyclic) bond motifs is 1. The van der Waals surface area contributed by atoms with Crippen LogP contribution in [-0.4, -0.2) is 47.9 Å². The number of carbonyl (C=O) groups is 1.